The molecule has 0 spiro atoms. The van der Waals surface area contributed by atoms with Crippen LogP contribution >= 0.6 is 0 Å². The summed E-state index contributed by atoms with van der Waals surface area (Å²) in [6, 6.07) is 6.70. The Labute approximate surface area is 143 Å². The maximum Gasteiger partial charge on any atom is 0.534 e. The van der Waals surface area contributed by atoms with Crippen LogP contribution in [0.1, 0.15) is 25.3 Å². The van der Waals surface area contributed by atoms with Gasteiger partial charge in [0, 0.05) is 6.42 Å². The Balaban J connectivity index is 0.000000593. The van der Waals surface area contributed by atoms with E-state index in [1.165, 1.54) is 13.0 Å². The van der Waals surface area contributed by atoms with Gasteiger partial charge >= 0.3 is 21.6 Å². The summed E-state index contributed by atoms with van der Waals surface area (Å²) in [7, 11) is -4.58. The molecule has 1 aromatic carbocycles. The number of methoxy groups -OCH3 is 1. The molecule has 0 fully saturated rings. The van der Waals surface area contributed by atoms with Crippen molar-refractivity contribution in [3.63, 3.8) is 0 Å². The van der Waals surface area contributed by atoms with Crippen molar-refractivity contribution in [1.82, 2.24) is 0 Å². The normalized spacial score (nSPS) is 12.0. The molecule has 10 heteroatoms. The molecule has 0 amide bonds. The van der Waals surface area contributed by atoms with Crippen molar-refractivity contribution >= 4 is 16.1 Å². The Morgan fingerprint density at radius 1 is 1.20 bits per heavy atom. The molecule has 25 heavy (non-hydrogen) atoms. The highest BCUT2D eigenvalue weighted by atomic mass is 32.2. The maximum atomic E-state index is 12.3. The van der Waals surface area contributed by atoms with Gasteiger partial charge in [0.25, 0.3) is 0 Å². The standard InChI is InChI=1S/C8H11F3O5S.C7H7F/c1-3-6(4-5-7(12)15-2)16-17(13,14)8(9,10)11;1-6-4-2-3-5-7(6)8/h3H,4-5H2,1-2H3;2-5H,1H3/b6-3+;. The molecule has 0 aliphatic carbocycles. The summed E-state index contributed by atoms with van der Waals surface area (Å²) < 4.78 is 77.6. The number of ether oxygens (including phenoxy) is 1. The number of aryl methyl sites for hydroxylation is 1. The SMILES string of the molecule is C/C=C(\CCC(=O)OC)OS(=O)(=O)C(F)(F)F.Cc1ccccc1F. The topological polar surface area (TPSA) is 69.7 Å². The predicted octanol–water partition coefficient (Wildman–Crippen LogP) is 3.84. The fourth-order valence-electron chi connectivity index (χ4n) is 1.30. The van der Waals surface area contributed by atoms with Crippen molar-refractivity contribution < 1.29 is 39.7 Å². The summed E-state index contributed by atoms with van der Waals surface area (Å²) in [6.45, 7) is 3.04. The second kappa shape index (κ2) is 10.0. The minimum atomic E-state index is -5.68. The van der Waals surface area contributed by atoms with Crippen molar-refractivity contribution in [1.29, 1.82) is 0 Å². The van der Waals surface area contributed by atoms with Gasteiger partial charge in [-0.1, -0.05) is 18.2 Å². The highest BCUT2D eigenvalue weighted by molar-refractivity contribution is 7.87. The molecule has 0 aromatic heterocycles. The number of carbonyl (C=O) groups is 1. The van der Waals surface area contributed by atoms with Crippen molar-refractivity contribution in [3.8, 4) is 0 Å². The summed E-state index contributed by atoms with van der Waals surface area (Å²) in [5.74, 6) is -1.28. The Morgan fingerprint density at radius 3 is 2.12 bits per heavy atom. The zero-order valence-electron chi connectivity index (χ0n) is 13.8. The fraction of sp³-hybridized carbons (Fsp3) is 0.400. The van der Waals surface area contributed by atoms with Crippen LogP contribution in [0, 0.1) is 12.7 Å². The van der Waals surface area contributed by atoms with Crippen molar-refractivity contribution in [2.24, 2.45) is 0 Å². The lowest BCUT2D eigenvalue weighted by atomic mass is 10.2. The highest BCUT2D eigenvalue weighted by Gasteiger charge is 2.48. The third kappa shape index (κ3) is 8.52. The maximum absolute atomic E-state index is 12.3. The fourth-order valence-corrected chi connectivity index (χ4v) is 1.86. The number of alkyl halides is 3. The first-order chi connectivity index (χ1) is 11.4. The lowest BCUT2D eigenvalue weighted by molar-refractivity contribution is -0.140. The molecule has 1 rings (SSSR count). The largest absolute Gasteiger partial charge is 0.534 e. The summed E-state index contributed by atoms with van der Waals surface area (Å²) in [5, 5.41) is 0. The van der Waals surface area contributed by atoms with Crippen LogP contribution < -0.4 is 0 Å². The van der Waals surface area contributed by atoms with Gasteiger partial charge in [-0.2, -0.15) is 21.6 Å². The summed E-state index contributed by atoms with van der Waals surface area (Å²) >= 11 is 0. The number of rotatable bonds is 5. The molecule has 0 N–H and O–H groups in total. The first kappa shape index (κ1) is 22.9. The minimum absolute atomic E-state index is 0.132. The van der Waals surface area contributed by atoms with Crippen LogP contribution in [0.4, 0.5) is 17.6 Å². The zero-order chi connectivity index (χ0) is 19.7. The molecule has 0 radical (unpaired) electrons. The molecule has 1 aromatic rings. The smallest absolute Gasteiger partial charge is 0.469 e. The second-order valence-corrected chi connectivity index (χ2v) is 6.10. The molecule has 0 atom stereocenters. The van der Waals surface area contributed by atoms with Gasteiger partial charge in [0.1, 0.15) is 11.6 Å². The quantitative estimate of drug-likeness (QED) is 0.253. The van der Waals surface area contributed by atoms with Gasteiger partial charge in [0.05, 0.1) is 13.5 Å². The van der Waals surface area contributed by atoms with Gasteiger partial charge in [-0.05, 0) is 31.6 Å². The molecule has 0 saturated heterocycles. The first-order valence-corrected chi connectivity index (χ1v) is 8.29. The third-order valence-electron chi connectivity index (χ3n) is 2.70. The third-order valence-corrected chi connectivity index (χ3v) is 3.70. The Kier molecular flexibility index (Phi) is 9.18. The number of carbonyl (C=O) groups excluding carboxylic acids is 1. The molecule has 0 aliphatic rings. The summed E-state index contributed by atoms with van der Waals surface area (Å²) in [5.41, 5.74) is -4.79. The molecule has 142 valence electrons. The lowest BCUT2D eigenvalue weighted by Crippen LogP contribution is -2.25. The summed E-state index contributed by atoms with van der Waals surface area (Å²) in [6.07, 6.45) is 0.467. The Hall–Kier alpha value is -2.10. The molecule has 0 unspecified atom stereocenters. The van der Waals surface area contributed by atoms with Gasteiger partial charge < -0.3 is 8.92 Å². The van der Waals surface area contributed by atoms with E-state index in [-0.39, 0.29) is 18.7 Å². The van der Waals surface area contributed by atoms with Gasteiger partial charge in [-0.15, -0.1) is 0 Å². The molecular weight excluding hydrogens is 368 g/mol. The Morgan fingerprint density at radius 2 is 1.76 bits per heavy atom. The van der Waals surface area contributed by atoms with Crippen molar-refractivity contribution in [2.45, 2.75) is 32.2 Å². The molecule has 5 nitrogen and oxygen atoms in total. The lowest BCUT2D eigenvalue weighted by Gasteiger charge is -2.11. The first-order valence-electron chi connectivity index (χ1n) is 6.88. The number of esters is 1. The van der Waals surface area contributed by atoms with E-state index in [2.05, 4.69) is 8.92 Å². The van der Waals surface area contributed by atoms with E-state index in [4.69, 9.17) is 0 Å². The molecule has 0 saturated carbocycles. The van der Waals surface area contributed by atoms with E-state index >= 15 is 0 Å². The van der Waals surface area contributed by atoms with Crippen LogP contribution in [0.3, 0.4) is 0 Å². The molecule has 0 heterocycles. The average Bonchev–Trinajstić information content (AvgIpc) is 2.53. The van der Waals surface area contributed by atoms with Crippen molar-refractivity contribution in [3.05, 3.63) is 47.5 Å². The van der Waals surface area contributed by atoms with Crippen LogP contribution in [0.15, 0.2) is 36.1 Å². The molecular formula is C15H18F4O5S. The van der Waals surface area contributed by atoms with E-state index in [9.17, 15) is 30.8 Å². The number of halogens is 4. The molecule has 0 aliphatic heterocycles. The summed E-state index contributed by atoms with van der Waals surface area (Å²) in [4.78, 5) is 10.7. The van der Waals surface area contributed by atoms with E-state index in [0.717, 1.165) is 13.2 Å². The van der Waals surface area contributed by atoms with Crippen LogP contribution in [-0.4, -0.2) is 27.0 Å². The zero-order valence-corrected chi connectivity index (χ0v) is 14.6. The average molecular weight is 386 g/mol. The minimum Gasteiger partial charge on any atom is -0.469 e. The van der Waals surface area contributed by atoms with Crippen LogP contribution in [0.5, 0.6) is 0 Å². The monoisotopic (exact) mass is 386 g/mol. The van der Waals surface area contributed by atoms with Gasteiger partial charge in [-0.25, -0.2) is 4.39 Å². The van der Waals surface area contributed by atoms with Gasteiger partial charge in [0.2, 0.25) is 0 Å². The van der Waals surface area contributed by atoms with E-state index in [1.807, 2.05) is 6.07 Å². The van der Waals surface area contributed by atoms with E-state index in [1.54, 1.807) is 19.1 Å². The van der Waals surface area contributed by atoms with Gasteiger partial charge in [0.15, 0.2) is 0 Å². The van der Waals surface area contributed by atoms with Gasteiger partial charge in [-0.3, -0.25) is 4.79 Å². The van der Waals surface area contributed by atoms with Crippen LogP contribution in [0.25, 0.3) is 0 Å². The second-order valence-electron chi connectivity index (χ2n) is 4.56. The number of benzene rings is 1. The van der Waals surface area contributed by atoms with Crippen molar-refractivity contribution in [2.75, 3.05) is 7.11 Å². The number of hydrogen-bond donors (Lipinski definition) is 0. The predicted molar refractivity (Wildman–Crippen MR) is 82.2 cm³/mol. The highest BCUT2D eigenvalue weighted by Crippen LogP contribution is 2.27. The van der Waals surface area contributed by atoms with E-state index in [0.29, 0.717) is 5.56 Å². The number of hydrogen-bond acceptors (Lipinski definition) is 5. The number of allylic oxidation sites excluding steroid dienone is 2. The molecule has 0 bridgehead atoms. The Bertz CT molecular complexity index is 675. The van der Waals surface area contributed by atoms with Crippen LogP contribution in [0.2, 0.25) is 0 Å². The van der Waals surface area contributed by atoms with E-state index < -0.39 is 27.4 Å². The van der Waals surface area contributed by atoms with Crippen LogP contribution in [-0.2, 0) is 23.8 Å².